The summed E-state index contributed by atoms with van der Waals surface area (Å²) in [6.45, 7) is 6.40. The number of rotatable bonds is 5. The van der Waals surface area contributed by atoms with Crippen LogP contribution in [-0.2, 0) is 9.59 Å². The fourth-order valence-electron chi connectivity index (χ4n) is 2.50. The zero-order valence-corrected chi connectivity index (χ0v) is 13.2. The second kappa shape index (κ2) is 6.46. The van der Waals surface area contributed by atoms with Crippen molar-refractivity contribution in [3.8, 4) is 0 Å². The maximum atomic E-state index is 12.3. The maximum absolute atomic E-state index is 12.3. The number of amides is 1. The normalized spacial score (nSPS) is 22.0. The fourth-order valence-corrected chi connectivity index (χ4v) is 3.43. The number of aliphatic carboxylic acids is 1. The van der Waals surface area contributed by atoms with E-state index in [1.54, 1.807) is 6.33 Å². The number of carboxylic acid groups (broad SMARTS) is 1. The van der Waals surface area contributed by atoms with E-state index in [2.05, 4.69) is 10.2 Å². The van der Waals surface area contributed by atoms with E-state index in [1.165, 1.54) is 16.7 Å². The number of hydrogen-bond donors (Lipinski definition) is 1. The van der Waals surface area contributed by atoms with Crippen LogP contribution in [0.4, 0.5) is 0 Å². The summed E-state index contributed by atoms with van der Waals surface area (Å²) in [4.78, 5) is 25.0. The topological polar surface area (TPSA) is 88.3 Å². The molecule has 2 heterocycles. The van der Waals surface area contributed by atoms with Crippen LogP contribution >= 0.6 is 11.8 Å². The molecule has 1 amide bonds. The number of carboxylic acids is 1. The van der Waals surface area contributed by atoms with Crippen molar-refractivity contribution in [3.05, 3.63) is 6.33 Å². The molecule has 21 heavy (non-hydrogen) atoms. The van der Waals surface area contributed by atoms with Gasteiger partial charge in [-0.3, -0.25) is 4.79 Å². The van der Waals surface area contributed by atoms with Crippen molar-refractivity contribution in [3.63, 3.8) is 0 Å². The van der Waals surface area contributed by atoms with Gasteiger partial charge >= 0.3 is 5.97 Å². The van der Waals surface area contributed by atoms with Crippen LogP contribution in [0.15, 0.2) is 11.5 Å². The van der Waals surface area contributed by atoms with E-state index in [0.717, 1.165) is 6.42 Å². The van der Waals surface area contributed by atoms with Crippen molar-refractivity contribution >= 4 is 23.6 Å². The van der Waals surface area contributed by atoms with Crippen molar-refractivity contribution in [1.82, 2.24) is 19.7 Å². The molecular weight excluding hydrogens is 292 g/mol. The molecular formula is C13H20N4O3S. The monoisotopic (exact) mass is 312 g/mol. The Labute approximate surface area is 127 Å². The molecule has 1 N–H and O–H groups in total. The Morgan fingerprint density at radius 2 is 2.24 bits per heavy atom. The molecule has 116 valence electrons. The minimum atomic E-state index is -0.927. The Morgan fingerprint density at radius 1 is 1.52 bits per heavy atom. The third-order valence-corrected chi connectivity index (χ3v) is 4.64. The summed E-state index contributed by atoms with van der Waals surface area (Å²) < 4.78 is 1.89. The third kappa shape index (κ3) is 3.37. The lowest BCUT2D eigenvalue weighted by molar-refractivity contribution is -0.148. The third-order valence-electron chi connectivity index (χ3n) is 3.69. The summed E-state index contributed by atoms with van der Waals surface area (Å²) in [5.74, 6) is -0.906. The molecule has 7 nitrogen and oxygen atoms in total. The number of carbonyl (C=O) groups excluding carboxylic acids is 1. The summed E-state index contributed by atoms with van der Waals surface area (Å²) in [6.07, 6.45) is 2.37. The highest BCUT2D eigenvalue weighted by molar-refractivity contribution is 7.99. The average molecular weight is 312 g/mol. The number of hydrogen-bond acceptors (Lipinski definition) is 5. The van der Waals surface area contributed by atoms with Crippen LogP contribution in [0, 0.1) is 5.92 Å². The Hall–Kier alpha value is -1.57. The first-order valence-electron chi connectivity index (χ1n) is 6.96. The van der Waals surface area contributed by atoms with Gasteiger partial charge in [0.05, 0.1) is 5.75 Å². The number of thioether (sulfide) groups is 1. The molecule has 1 fully saturated rings. The molecule has 0 bridgehead atoms. The highest BCUT2D eigenvalue weighted by atomic mass is 32.2. The first-order valence-corrected chi connectivity index (χ1v) is 7.95. The van der Waals surface area contributed by atoms with Gasteiger partial charge in [0.2, 0.25) is 5.91 Å². The highest BCUT2D eigenvalue weighted by Gasteiger charge is 2.39. The molecule has 2 atom stereocenters. The predicted molar refractivity (Wildman–Crippen MR) is 78.0 cm³/mol. The molecule has 0 aliphatic carbocycles. The van der Waals surface area contributed by atoms with E-state index in [1.807, 2.05) is 25.3 Å². The van der Waals surface area contributed by atoms with E-state index in [4.69, 9.17) is 0 Å². The van der Waals surface area contributed by atoms with Crippen LogP contribution in [0.1, 0.15) is 33.2 Å². The summed E-state index contributed by atoms with van der Waals surface area (Å²) >= 11 is 1.30. The molecule has 1 aromatic rings. The minimum Gasteiger partial charge on any atom is -0.480 e. The summed E-state index contributed by atoms with van der Waals surface area (Å²) in [5, 5.41) is 17.8. The van der Waals surface area contributed by atoms with Crippen LogP contribution in [0.3, 0.4) is 0 Å². The van der Waals surface area contributed by atoms with E-state index >= 15 is 0 Å². The largest absolute Gasteiger partial charge is 0.480 e. The SMILES string of the molecule is CC1CCN(C(=O)CSc2nncn2C(C)C)C1C(=O)O. The van der Waals surface area contributed by atoms with Gasteiger partial charge in [-0.25, -0.2) is 4.79 Å². The quantitative estimate of drug-likeness (QED) is 0.824. The molecule has 1 aliphatic heterocycles. The maximum Gasteiger partial charge on any atom is 0.326 e. The Bertz CT molecular complexity index is 531. The van der Waals surface area contributed by atoms with Gasteiger partial charge in [0.1, 0.15) is 12.4 Å². The Kier molecular flexibility index (Phi) is 4.87. The van der Waals surface area contributed by atoms with Crippen molar-refractivity contribution in [2.45, 2.75) is 44.4 Å². The molecule has 0 radical (unpaired) electrons. The number of carbonyl (C=O) groups is 2. The molecule has 1 aromatic heterocycles. The zero-order valence-electron chi connectivity index (χ0n) is 12.4. The number of nitrogens with zero attached hydrogens (tertiary/aromatic N) is 4. The van der Waals surface area contributed by atoms with E-state index < -0.39 is 12.0 Å². The first kappa shape index (κ1) is 15.8. The van der Waals surface area contributed by atoms with Gasteiger partial charge in [0.25, 0.3) is 0 Å². The summed E-state index contributed by atoms with van der Waals surface area (Å²) in [6, 6.07) is -0.489. The molecule has 1 saturated heterocycles. The van der Waals surface area contributed by atoms with Crippen LogP contribution in [0.25, 0.3) is 0 Å². The molecule has 0 saturated carbocycles. The fraction of sp³-hybridized carbons (Fsp3) is 0.692. The second-order valence-corrected chi connectivity index (χ2v) is 6.48. The first-order chi connectivity index (χ1) is 9.91. The molecule has 0 aromatic carbocycles. The molecule has 2 rings (SSSR count). The van der Waals surface area contributed by atoms with Gasteiger partial charge in [0.15, 0.2) is 5.16 Å². The standard InChI is InChI=1S/C13H20N4O3S/c1-8(2)17-7-14-15-13(17)21-6-10(18)16-5-4-9(3)11(16)12(19)20/h7-9,11H,4-6H2,1-3H3,(H,19,20). The van der Waals surface area contributed by atoms with Gasteiger partial charge < -0.3 is 14.6 Å². The van der Waals surface area contributed by atoms with Crippen molar-refractivity contribution in [2.75, 3.05) is 12.3 Å². The van der Waals surface area contributed by atoms with Gasteiger partial charge in [-0.15, -0.1) is 10.2 Å². The zero-order chi connectivity index (χ0) is 15.6. The van der Waals surface area contributed by atoms with Gasteiger partial charge in [0, 0.05) is 12.6 Å². The van der Waals surface area contributed by atoms with Crippen LogP contribution in [0.5, 0.6) is 0 Å². The second-order valence-electron chi connectivity index (χ2n) is 5.54. The van der Waals surface area contributed by atoms with Gasteiger partial charge in [-0.1, -0.05) is 18.7 Å². The average Bonchev–Trinajstić information content (AvgIpc) is 3.01. The lowest BCUT2D eigenvalue weighted by Crippen LogP contribution is -2.43. The molecule has 2 unspecified atom stereocenters. The van der Waals surface area contributed by atoms with Crippen LogP contribution < -0.4 is 0 Å². The van der Waals surface area contributed by atoms with Gasteiger partial charge in [-0.2, -0.15) is 0 Å². The summed E-state index contributed by atoms with van der Waals surface area (Å²) in [5.41, 5.74) is 0. The van der Waals surface area contributed by atoms with Crippen molar-refractivity contribution in [1.29, 1.82) is 0 Å². The molecule has 1 aliphatic rings. The van der Waals surface area contributed by atoms with Gasteiger partial charge in [-0.05, 0) is 26.2 Å². The Morgan fingerprint density at radius 3 is 2.86 bits per heavy atom. The van der Waals surface area contributed by atoms with E-state index in [0.29, 0.717) is 11.7 Å². The van der Waals surface area contributed by atoms with Crippen LogP contribution in [-0.4, -0.2) is 55.0 Å². The predicted octanol–water partition coefficient (Wildman–Crippen LogP) is 1.27. The summed E-state index contributed by atoms with van der Waals surface area (Å²) in [7, 11) is 0. The lowest BCUT2D eigenvalue weighted by atomic mass is 10.0. The number of likely N-dealkylation sites (tertiary alicyclic amines) is 1. The highest BCUT2D eigenvalue weighted by Crippen LogP contribution is 2.26. The van der Waals surface area contributed by atoms with Crippen LogP contribution in [0.2, 0.25) is 0 Å². The minimum absolute atomic E-state index is 0.00392. The van der Waals surface area contributed by atoms with E-state index in [9.17, 15) is 14.7 Å². The lowest BCUT2D eigenvalue weighted by Gasteiger charge is -2.23. The molecule has 0 spiro atoms. The Balaban J connectivity index is 1.99. The van der Waals surface area contributed by atoms with E-state index in [-0.39, 0.29) is 23.6 Å². The smallest absolute Gasteiger partial charge is 0.326 e. The molecule has 8 heteroatoms. The van der Waals surface area contributed by atoms with Crippen molar-refractivity contribution < 1.29 is 14.7 Å². The van der Waals surface area contributed by atoms with Crippen molar-refractivity contribution in [2.24, 2.45) is 5.92 Å². The number of aromatic nitrogens is 3.